The molecule has 20 heavy (non-hydrogen) atoms. The highest BCUT2D eigenvalue weighted by atomic mass is 32.2. The van der Waals surface area contributed by atoms with Gasteiger partial charge in [0.25, 0.3) is 0 Å². The first-order valence-electron chi connectivity index (χ1n) is 6.94. The van der Waals surface area contributed by atoms with E-state index in [-0.39, 0.29) is 6.04 Å². The molecule has 0 bridgehead atoms. The molecule has 0 aliphatic heterocycles. The highest BCUT2D eigenvalue weighted by Crippen LogP contribution is 2.26. The van der Waals surface area contributed by atoms with Crippen LogP contribution < -0.4 is 0 Å². The van der Waals surface area contributed by atoms with Gasteiger partial charge in [-0.05, 0) is 24.8 Å². The third-order valence-corrected chi connectivity index (χ3v) is 5.76. The molecule has 108 valence electrons. The monoisotopic (exact) mass is 291 g/mol. The second kappa shape index (κ2) is 5.94. The van der Waals surface area contributed by atoms with Crippen LogP contribution in [-0.2, 0) is 10.0 Å². The molecule has 0 saturated carbocycles. The van der Waals surface area contributed by atoms with E-state index in [0.717, 1.165) is 23.6 Å². The fourth-order valence-electron chi connectivity index (χ4n) is 2.41. The minimum Gasteiger partial charge on any atom is -0.207 e. The molecular formula is C16H21NO2S. The molecule has 0 spiro atoms. The second-order valence-electron chi connectivity index (χ2n) is 5.14. The second-order valence-corrected chi connectivity index (χ2v) is 7.10. The minimum atomic E-state index is -3.45. The molecule has 2 rings (SSSR count). The number of hydrogen-bond acceptors (Lipinski definition) is 2. The molecule has 2 aromatic rings. The summed E-state index contributed by atoms with van der Waals surface area (Å²) in [6, 6.07) is 13.0. The molecule has 1 unspecified atom stereocenters. The predicted octanol–water partition coefficient (Wildman–Crippen LogP) is 3.65. The summed E-state index contributed by atoms with van der Waals surface area (Å²) in [4.78, 5) is 0.390. The van der Waals surface area contributed by atoms with E-state index >= 15 is 0 Å². The van der Waals surface area contributed by atoms with Crippen molar-refractivity contribution in [2.24, 2.45) is 0 Å². The van der Waals surface area contributed by atoms with Gasteiger partial charge in [-0.2, -0.15) is 4.31 Å². The van der Waals surface area contributed by atoms with Crippen molar-refractivity contribution in [2.75, 3.05) is 7.05 Å². The maximum Gasteiger partial charge on any atom is 0.243 e. The normalized spacial score (nSPS) is 13.8. The first kappa shape index (κ1) is 15.0. The summed E-state index contributed by atoms with van der Waals surface area (Å²) < 4.78 is 27.1. The van der Waals surface area contributed by atoms with Gasteiger partial charge in [0, 0.05) is 18.5 Å². The standard InChI is InChI=1S/C16H21NO2S/c1-4-8-13(2)17(3)20(18,19)16-12-7-10-14-9-5-6-11-15(14)16/h5-7,9-13H,4,8H2,1-3H3. The molecule has 0 fully saturated rings. The molecule has 0 saturated heterocycles. The first-order chi connectivity index (χ1) is 9.48. The van der Waals surface area contributed by atoms with Gasteiger partial charge in [-0.15, -0.1) is 0 Å². The smallest absolute Gasteiger partial charge is 0.207 e. The Morgan fingerprint density at radius 3 is 2.45 bits per heavy atom. The summed E-state index contributed by atoms with van der Waals surface area (Å²) in [6.45, 7) is 4.01. The van der Waals surface area contributed by atoms with Crippen molar-refractivity contribution in [1.82, 2.24) is 4.31 Å². The van der Waals surface area contributed by atoms with Crippen LogP contribution in [0, 0.1) is 0 Å². The quantitative estimate of drug-likeness (QED) is 0.843. The molecule has 0 heterocycles. The highest BCUT2D eigenvalue weighted by Gasteiger charge is 2.26. The number of nitrogens with zero attached hydrogens (tertiary/aromatic N) is 1. The van der Waals surface area contributed by atoms with Crippen molar-refractivity contribution in [3.63, 3.8) is 0 Å². The molecular weight excluding hydrogens is 270 g/mol. The first-order valence-corrected chi connectivity index (χ1v) is 8.38. The molecule has 4 heteroatoms. The van der Waals surface area contributed by atoms with E-state index in [1.54, 1.807) is 19.2 Å². The summed E-state index contributed by atoms with van der Waals surface area (Å²) in [5.74, 6) is 0. The van der Waals surface area contributed by atoms with Crippen LogP contribution in [0.2, 0.25) is 0 Å². The minimum absolute atomic E-state index is 0.00367. The van der Waals surface area contributed by atoms with Crippen molar-refractivity contribution in [2.45, 2.75) is 37.6 Å². The number of benzene rings is 2. The van der Waals surface area contributed by atoms with E-state index in [2.05, 4.69) is 6.92 Å². The third kappa shape index (κ3) is 2.72. The Bertz CT molecular complexity index is 689. The topological polar surface area (TPSA) is 37.4 Å². The van der Waals surface area contributed by atoms with Gasteiger partial charge >= 0.3 is 0 Å². The van der Waals surface area contributed by atoms with E-state index in [1.807, 2.05) is 37.3 Å². The van der Waals surface area contributed by atoms with Gasteiger partial charge in [0.2, 0.25) is 10.0 Å². The fraction of sp³-hybridized carbons (Fsp3) is 0.375. The Kier molecular flexibility index (Phi) is 4.45. The Morgan fingerprint density at radius 1 is 1.10 bits per heavy atom. The molecule has 0 aliphatic rings. The van der Waals surface area contributed by atoms with Crippen LogP contribution in [0.15, 0.2) is 47.4 Å². The lowest BCUT2D eigenvalue weighted by atomic mass is 10.1. The van der Waals surface area contributed by atoms with Gasteiger partial charge in [0.15, 0.2) is 0 Å². The molecule has 0 amide bonds. The summed E-state index contributed by atoms with van der Waals surface area (Å²) >= 11 is 0. The molecule has 3 nitrogen and oxygen atoms in total. The zero-order valence-electron chi connectivity index (χ0n) is 12.2. The average molecular weight is 291 g/mol. The largest absolute Gasteiger partial charge is 0.243 e. The van der Waals surface area contributed by atoms with Gasteiger partial charge in [0.05, 0.1) is 4.90 Å². The SMILES string of the molecule is CCCC(C)N(C)S(=O)(=O)c1cccc2ccccc12. The van der Waals surface area contributed by atoms with Crippen LogP contribution in [0.3, 0.4) is 0 Å². The van der Waals surface area contributed by atoms with Crippen molar-refractivity contribution in [1.29, 1.82) is 0 Å². The number of sulfonamides is 1. The predicted molar refractivity (Wildman–Crippen MR) is 83.3 cm³/mol. The molecule has 0 radical (unpaired) electrons. The van der Waals surface area contributed by atoms with Crippen LogP contribution >= 0.6 is 0 Å². The van der Waals surface area contributed by atoms with Crippen LogP contribution in [0.25, 0.3) is 10.8 Å². The van der Waals surface area contributed by atoms with Crippen molar-refractivity contribution in [3.05, 3.63) is 42.5 Å². The number of rotatable bonds is 5. The maximum absolute atomic E-state index is 12.8. The maximum atomic E-state index is 12.8. The Labute approximate surface area is 121 Å². The summed E-state index contributed by atoms with van der Waals surface area (Å²) in [7, 11) is -1.79. The number of fused-ring (bicyclic) bond motifs is 1. The summed E-state index contributed by atoms with van der Waals surface area (Å²) in [5.41, 5.74) is 0. The van der Waals surface area contributed by atoms with E-state index in [0.29, 0.717) is 4.90 Å². The van der Waals surface area contributed by atoms with Crippen LogP contribution in [0.4, 0.5) is 0 Å². The summed E-state index contributed by atoms with van der Waals surface area (Å²) in [5, 5.41) is 1.73. The lowest BCUT2D eigenvalue weighted by Crippen LogP contribution is -2.35. The van der Waals surface area contributed by atoms with Crippen LogP contribution in [0.5, 0.6) is 0 Å². The van der Waals surface area contributed by atoms with Gasteiger partial charge in [-0.3, -0.25) is 0 Å². The van der Waals surface area contributed by atoms with E-state index in [9.17, 15) is 8.42 Å². The molecule has 1 atom stereocenters. The van der Waals surface area contributed by atoms with E-state index < -0.39 is 10.0 Å². The van der Waals surface area contributed by atoms with Gasteiger partial charge < -0.3 is 0 Å². The van der Waals surface area contributed by atoms with Gasteiger partial charge in [0.1, 0.15) is 0 Å². The van der Waals surface area contributed by atoms with Gasteiger partial charge in [-0.25, -0.2) is 8.42 Å². The fourth-order valence-corrected chi connectivity index (χ4v) is 4.02. The Balaban J connectivity index is 2.52. The van der Waals surface area contributed by atoms with E-state index in [1.165, 1.54) is 4.31 Å². The molecule has 0 N–H and O–H groups in total. The van der Waals surface area contributed by atoms with Crippen LogP contribution in [0.1, 0.15) is 26.7 Å². The number of hydrogen-bond donors (Lipinski definition) is 0. The zero-order valence-corrected chi connectivity index (χ0v) is 13.0. The van der Waals surface area contributed by atoms with Gasteiger partial charge in [-0.1, -0.05) is 49.7 Å². The van der Waals surface area contributed by atoms with Crippen molar-refractivity contribution in [3.8, 4) is 0 Å². The van der Waals surface area contributed by atoms with Crippen LogP contribution in [-0.4, -0.2) is 25.8 Å². The Hall–Kier alpha value is -1.39. The lowest BCUT2D eigenvalue weighted by Gasteiger charge is -2.24. The molecule has 0 aliphatic carbocycles. The zero-order chi connectivity index (χ0) is 14.8. The van der Waals surface area contributed by atoms with Crippen molar-refractivity contribution < 1.29 is 8.42 Å². The molecule has 2 aromatic carbocycles. The average Bonchev–Trinajstić information content (AvgIpc) is 2.46. The van der Waals surface area contributed by atoms with E-state index in [4.69, 9.17) is 0 Å². The summed E-state index contributed by atoms with van der Waals surface area (Å²) in [6.07, 6.45) is 1.83. The molecule has 0 aromatic heterocycles. The Morgan fingerprint density at radius 2 is 1.75 bits per heavy atom. The highest BCUT2D eigenvalue weighted by molar-refractivity contribution is 7.89. The third-order valence-electron chi connectivity index (χ3n) is 3.73. The lowest BCUT2D eigenvalue weighted by molar-refractivity contribution is 0.369. The van der Waals surface area contributed by atoms with Crippen molar-refractivity contribution >= 4 is 20.8 Å².